The average molecular weight is 240 g/mol. The van der Waals surface area contributed by atoms with E-state index in [1.165, 1.54) is 11.1 Å². The summed E-state index contributed by atoms with van der Waals surface area (Å²) in [5.74, 6) is 0.787. The van der Waals surface area contributed by atoms with Gasteiger partial charge in [0.15, 0.2) is 0 Å². The minimum Gasteiger partial charge on any atom is -0.155 e. The lowest BCUT2D eigenvalue weighted by Gasteiger charge is -2.13. The molecule has 0 aliphatic rings. The van der Waals surface area contributed by atoms with Gasteiger partial charge in [0.25, 0.3) is 0 Å². The van der Waals surface area contributed by atoms with Crippen LogP contribution in [0.15, 0.2) is 36.4 Å². The van der Waals surface area contributed by atoms with Crippen molar-refractivity contribution in [2.75, 3.05) is 0 Å². The first kappa shape index (κ1) is 12.7. The fraction of sp³-hybridized carbons (Fsp3) is 0.375. The third kappa shape index (κ3) is 2.58. The SMILES string of the molecule is CC(C)c1cc(-c2ccccc2)c(C(C)C)nn1. The van der Waals surface area contributed by atoms with Crippen LogP contribution in [0.3, 0.4) is 0 Å². The second-order valence-corrected chi connectivity index (χ2v) is 5.24. The number of rotatable bonds is 3. The summed E-state index contributed by atoms with van der Waals surface area (Å²) < 4.78 is 0. The molecule has 2 nitrogen and oxygen atoms in total. The van der Waals surface area contributed by atoms with E-state index in [0.29, 0.717) is 11.8 Å². The van der Waals surface area contributed by atoms with E-state index < -0.39 is 0 Å². The Balaban J connectivity index is 2.58. The molecule has 94 valence electrons. The zero-order valence-corrected chi connectivity index (χ0v) is 11.5. The summed E-state index contributed by atoms with van der Waals surface area (Å²) >= 11 is 0. The first-order valence-electron chi connectivity index (χ1n) is 6.52. The van der Waals surface area contributed by atoms with Crippen LogP contribution in [0.25, 0.3) is 11.1 Å². The molecule has 0 N–H and O–H groups in total. The predicted molar refractivity (Wildman–Crippen MR) is 75.6 cm³/mol. The van der Waals surface area contributed by atoms with Gasteiger partial charge < -0.3 is 0 Å². The van der Waals surface area contributed by atoms with Crippen LogP contribution in [0.2, 0.25) is 0 Å². The maximum absolute atomic E-state index is 4.43. The monoisotopic (exact) mass is 240 g/mol. The summed E-state index contributed by atoms with van der Waals surface area (Å²) in [6.07, 6.45) is 0. The normalized spacial score (nSPS) is 11.2. The molecule has 0 saturated heterocycles. The third-order valence-electron chi connectivity index (χ3n) is 3.06. The summed E-state index contributed by atoms with van der Waals surface area (Å²) in [6, 6.07) is 12.6. The summed E-state index contributed by atoms with van der Waals surface area (Å²) in [4.78, 5) is 0. The molecule has 0 bridgehead atoms. The molecule has 0 aliphatic heterocycles. The highest BCUT2D eigenvalue weighted by atomic mass is 15.1. The number of hydrogen-bond donors (Lipinski definition) is 0. The van der Waals surface area contributed by atoms with Crippen LogP contribution in [0.5, 0.6) is 0 Å². The quantitative estimate of drug-likeness (QED) is 0.795. The number of aromatic nitrogens is 2. The van der Waals surface area contributed by atoms with Gasteiger partial charge in [0.2, 0.25) is 0 Å². The Morgan fingerprint density at radius 3 is 2.06 bits per heavy atom. The van der Waals surface area contributed by atoms with Crippen molar-refractivity contribution in [2.45, 2.75) is 39.5 Å². The van der Waals surface area contributed by atoms with E-state index in [1.807, 2.05) is 6.07 Å². The fourth-order valence-corrected chi connectivity index (χ4v) is 1.97. The zero-order valence-electron chi connectivity index (χ0n) is 11.5. The predicted octanol–water partition coefficient (Wildman–Crippen LogP) is 4.39. The molecule has 2 heteroatoms. The molecule has 2 aromatic rings. The summed E-state index contributed by atoms with van der Waals surface area (Å²) in [5.41, 5.74) is 4.56. The third-order valence-corrected chi connectivity index (χ3v) is 3.06. The average Bonchev–Trinajstić information content (AvgIpc) is 2.39. The van der Waals surface area contributed by atoms with Crippen molar-refractivity contribution in [3.05, 3.63) is 47.8 Å². The Morgan fingerprint density at radius 1 is 0.833 bits per heavy atom. The van der Waals surface area contributed by atoms with Crippen LogP contribution in [-0.2, 0) is 0 Å². The summed E-state index contributed by atoms with van der Waals surface area (Å²) in [6.45, 7) is 8.61. The van der Waals surface area contributed by atoms with E-state index in [0.717, 1.165) is 11.4 Å². The van der Waals surface area contributed by atoms with Gasteiger partial charge in [-0.25, -0.2) is 0 Å². The first-order chi connectivity index (χ1) is 8.59. The highest BCUT2D eigenvalue weighted by molar-refractivity contribution is 5.66. The fourth-order valence-electron chi connectivity index (χ4n) is 1.97. The lowest BCUT2D eigenvalue weighted by atomic mass is 9.96. The summed E-state index contributed by atoms with van der Waals surface area (Å²) in [7, 11) is 0. The Hall–Kier alpha value is -1.70. The Bertz CT molecular complexity index is 516. The van der Waals surface area contributed by atoms with Crippen molar-refractivity contribution in [2.24, 2.45) is 0 Å². The Morgan fingerprint density at radius 2 is 1.50 bits per heavy atom. The van der Waals surface area contributed by atoms with E-state index in [-0.39, 0.29) is 0 Å². The molecule has 0 spiro atoms. The largest absolute Gasteiger partial charge is 0.155 e. The molecule has 0 atom stereocenters. The van der Waals surface area contributed by atoms with E-state index in [2.05, 4.69) is 68.2 Å². The van der Waals surface area contributed by atoms with Crippen LogP contribution >= 0.6 is 0 Å². The Kier molecular flexibility index (Phi) is 3.75. The van der Waals surface area contributed by atoms with Crippen molar-refractivity contribution in [1.29, 1.82) is 0 Å². The molecule has 1 aromatic carbocycles. The van der Waals surface area contributed by atoms with Crippen LogP contribution in [0.1, 0.15) is 50.9 Å². The molecule has 0 radical (unpaired) electrons. The van der Waals surface area contributed by atoms with Gasteiger partial charge in [-0.2, -0.15) is 10.2 Å². The molecular formula is C16H20N2. The maximum atomic E-state index is 4.43. The molecule has 1 heterocycles. The van der Waals surface area contributed by atoms with Gasteiger partial charge in [0.1, 0.15) is 0 Å². The van der Waals surface area contributed by atoms with Gasteiger partial charge in [0.05, 0.1) is 11.4 Å². The van der Waals surface area contributed by atoms with E-state index >= 15 is 0 Å². The summed E-state index contributed by atoms with van der Waals surface area (Å²) in [5, 5.41) is 8.76. The standard InChI is InChI=1S/C16H20N2/c1-11(2)15-10-14(13-8-6-5-7-9-13)16(12(3)4)18-17-15/h5-12H,1-4H3. The molecule has 0 unspecified atom stereocenters. The van der Waals surface area contributed by atoms with Gasteiger partial charge in [0, 0.05) is 5.56 Å². The second-order valence-electron chi connectivity index (χ2n) is 5.24. The van der Waals surface area contributed by atoms with Crippen LogP contribution < -0.4 is 0 Å². The molecule has 0 amide bonds. The van der Waals surface area contributed by atoms with E-state index in [9.17, 15) is 0 Å². The first-order valence-corrected chi connectivity index (χ1v) is 6.52. The van der Waals surface area contributed by atoms with E-state index in [1.54, 1.807) is 0 Å². The highest BCUT2D eigenvalue weighted by Crippen LogP contribution is 2.28. The van der Waals surface area contributed by atoms with Gasteiger partial charge in [-0.1, -0.05) is 58.0 Å². The number of benzene rings is 1. The minimum atomic E-state index is 0.383. The van der Waals surface area contributed by atoms with Gasteiger partial charge in [-0.15, -0.1) is 0 Å². The van der Waals surface area contributed by atoms with Crippen molar-refractivity contribution >= 4 is 0 Å². The topological polar surface area (TPSA) is 25.8 Å². The Labute approximate surface area is 109 Å². The lowest BCUT2D eigenvalue weighted by Crippen LogP contribution is -2.03. The smallest absolute Gasteiger partial charge is 0.0734 e. The van der Waals surface area contributed by atoms with Crippen molar-refractivity contribution in [1.82, 2.24) is 10.2 Å². The van der Waals surface area contributed by atoms with Gasteiger partial charge in [-0.3, -0.25) is 0 Å². The molecular weight excluding hydrogens is 220 g/mol. The van der Waals surface area contributed by atoms with Crippen molar-refractivity contribution in [3.63, 3.8) is 0 Å². The maximum Gasteiger partial charge on any atom is 0.0734 e. The molecule has 1 aromatic heterocycles. The lowest BCUT2D eigenvalue weighted by molar-refractivity contribution is 0.736. The molecule has 0 fully saturated rings. The molecule has 0 aliphatic carbocycles. The second kappa shape index (κ2) is 5.30. The molecule has 0 saturated carbocycles. The zero-order chi connectivity index (χ0) is 13.1. The highest BCUT2D eigenvalue weighted by Gasteiger charge is 2.13. The molecule has 18 heavy (non-hydrogen) atoms. The number of nitrogens with zero attached hydrogens (tertiary/aromatic N) is 2. The van der Waals surface area contributed by atoms with Crippen LogP contribution in [0.4, 0.5) is 0 Å². The van der Waals surface area contributed by atoms with E-state index in [4.69, 9.17) is 0 Å². The molecule has 2 rings (SSSR count). The van der Waals surface area contributed by atoms with Crippen LogP contribution in [-0.4, -0.2) is 10.2 Å². The van der Waals surface area contributed by atoms with Crippen LogP contribution in [0, 0.1) is 0 Å². The minimum absolute atomic E-state index is 0.383. The van der Waals surface area contributed by atoms with Crippen molar-refractivity contribution in [3.8, 4) is 11.1 Å². The van der Waals surface area contributed by atoms with Gasteiger partial charge >= 0.3 is 0 Å². The van der Waals surface area contributed by atoms with Gasteiger partial charge in [-0.05, 0) is 23.5 Å². The van der Waals surface area contributed by atoms with Crippen molar-refractivity contribution < 1.29 is 0 Å². The number of hydrogen-bond acceptors (Lipinski definition) is 2.